The van der Waals surface area contributed by atoms with Crippen LogP contribution in [0.15, 0.2) is 66.7 Å². The Morgan fingerprint density at radius 1 is 0.828 bits per heavy atom. The van der Waals surface area contributed by atoms with Crippen molar-refractivity contribution < 1.29 is 13.9 Å². The number of benzene rings is 3. The predicted molar refractivity (Wildman–Crippen MR) is 115 cm³/mol. The molecule has 0 fully saturated rings. The van der Waals surface area contributed by atoms with Gasteiger partial charge < -0.3 is 9.47 Å². The zero-order chi connectivity index (χ0) is 20.5. The topological polar surface area (TPSA) is 18.5 Å². The van der Waals surface area contributed by atoms with Gasteiger partial charge in [0.05, 0.1) is 12.2 Å². The highest BCUT2D eigenvalue weighted by Crippen LogP contribution is 2.16. The van der Waals surface area contributed by atoms with E-state index in [-0.39, 0.29) is 0 Å². The molecule has 0 N–H and O–H groups in total. The van der Waals surface area contributed by atoms with Crippen LogP contribution < -0.4 is 4.74 Å². The quantitative estimate of drug-likeness (QED) is 0.369. The highest BCUT2D eigenvalue weighted by molar-refractivity contribution is 6.30. The van der Waals surface area contributed by atoms with Crippen molar-refractivity contribution in [3.63, 3.8) is 0 Å². The molecule has 0 spiro atoms. The molecule has 0 bridgehead atoms. The minimum atomic E-state index is -0.406. The zero-order valence-corrected chi connectivity index (χ0v) is 17.0. The van der Waals surface area contributed by atoms with Crippen molar-refractivity contribution in [2.75, 3.05) is 20.3 Å². The van der Waals surface area contributed by atoms with Gasteiger partial charge in [0, 0.05) is 17.7 Å². The lowest BCUT2D eigenvalue weighted by molar-refractivity contribution is 0.146. The second-order valence-corrected chi connectivity index (χ2v) is 6.99. The SMILES string of the molecule is COCCOc1ccc(CCc2ccc(C#Cc3ccc(Cl)cc3F)cc2)cc1. The summed E-state index contributed by atoms with van der Waals surface area (Å²) in [5.74, 6) is 6.29. The van der Waals surface area contributed by atoms with E-state index in [1.807, 2.05) is 24.3 Å². The molecule has 3 rings (SSSR count). The number of halogens is 2. The first-order chi connectivity index (χ1) is 14.1. The third-order valence-electron chi connectivity index (χ3n) is 4.41. The van der Waals surface area contributed by atoms with Crippen LogP contribution in [0.1, 0.15) is 22.3 Å². The average molecular weight is 409 g/mol. The zero-order valence-electron chi connectivity index (χ0n) is 16.3. The van der Waals surface area contributed by atoms with E-state index in [4.69, 9.17) is 21.1 Å². The maximum atomic E-state index is 13.8. The maximum Gasteiger partial charge on any atom is 0.140 e. The molecule has 0 saturated carbocycles. The van der Waals surface area contributed by atoms with E-state index < -0.39 is 5.82 Å². The first kappa shape index (κ1) is 20.9. The van der Waals surface area contributed by atoms with Gasteiger partial charge in [-0.1, -0.05) is 47.7 Å². The Hall–Kier alpha value is -2.80. The number of aryl methyl sites for hydroxylation is 2. The van der Waals surface area contributed by atoms with Crippen molar-refractivity contribution in [3.8, 4) is 17.6 Å². The number of rotatable bonds is 7. The molecule has 0 atom stereocenters. The second kappa shape index (κ2) is 10.7. The summed E-state index contributed by atoms with van der Waals surface area (Å²) >= 11 is 5.76. The second-order valence-electron chi connectivity index (χ2n) is 6.56. The summed E-state index contributed by atoms with van der Waals surface area (Å²) in [7, 11) is 1.66. The Balaban J connectivity index is 1.54. The largest absolute Gasteiger partial charge is 0.491 e. The van der Waals surface area contributed by atoms with Crippen LogP contribution in [0.5, 0.6) is 5.75 Å². The molecular weight excluding hydrogens is 387 g/mol. The van der Waals surface area contributed by atoms with Gasteiger partial charge in [-0.2, -0.15) is 0 Å². The summed E-state index contributed by atoms with van der Waals surface area (Å²) in [5, 5.41) is 0.366. The van der Waals surface area contributed by atoms with Crippen LogP contribution in [0.2, 0.25) is 5.02 Å². The molecule has 0 amide bonds. The number of hydrogen-bond acceptors (Lipinski definition) is 2. The van der Waals surface area contributed by atoms with Gasteiger partial charge in [0.2, 0.25) is 0 Å². The molecule has 29 heavy (non-hydrogen) atoms. The Bertz CT molecular complexity index is 986. The molecule has 4 heteroatoms. The summed E-state index contributed by atoms with van der Waals surface area (Å²) < 4.78 is 24.3. The van der Waals surface area contributed by atoms with Crippen molar-refractivity contribution in [3.05, 3.63) is 99.8 Å². The Labute approximate surface area is 176 Å². The van der Waals surface area contributed by atoms with Crippen LogP contribution in [0.25, 0.3) is 0 Å². The van der Waals surface area contributed by atoms with Crippen LogP contribution in [0, 0.1) is 17.7 Å². The molecule has 0 saturated heterocycles. The summed E-state index contributed by atoms with van der Waals surface area (Å²) in [6, 6.07) is 20.7. The van der Waals surface area contributed by atoms with Gasteiger partial charge in [-0.15, -0.1) is 0 Å². The molecule has 148 valence electrons. The third kappa shape index (κ3) is 6.64. The van der Waals surface area contributed by atoms with Gasteiger partial charge in [-0.3, -0.25) is 0 Å². The normalized spacial score (nSPS) is 10.3. The van der Waals surface area contributed by atoms with Crippen LogP contribution >= 0.6 is 11.6 Å². The van der Waals surface area contributed by atoms with Crippen LogP contribution in [-0.2, 0) is 17.6 Å². The van der Waals surface area contributed by atoms with Crippen molar-refractivity contribution in [2.24, 2.45) is 0 Å². The molecular formula is C25H22ClFO2. The van der Waals surface area contributed by atoms with Gasteiger partial charge in [-0.25, -0.2) is 4.39 Å². The summed E-state index contributed by atoms with van der Waals surface area (Å²) in [5.41, 5.74) is 3.67. The molecule has 0 aliphatic heterocycles. The fourth-order valence-electron chi connectivity index (χ4n) is 2.77. The number of hydrogen-bond donors (Lipinski definition) is 0. The number of ether oxygens (including phenoxy) is 2. The minimum absolute atomic E-state index is 0.341. The van der Waals surface area contributed by atoms with Crippen LogP contribution in [0.3, 0.4) is 0 Å². The van der Waals surface area contributed by atoms with E-state index in [1.165, 1.54) is 17.2 Å². The van der Waals surface area contributed by atoms with Crippen LogP contribution in [0.4, 0.5) is 4.39 Å². The van der Waals surface area contributed by atoms with Gasteiger partial charge in [0.25, 0.3) is 0 Å². The number of methoxy groups -OCH3 is 1. The molecule has 0 aromatic heterocycles. The van der Waals surface area contributed by atoms with Gasteiger partial charge in [0.1, 0.15) is 18.2 Å². The van der Waals surface area contributed by atoms with E-state index in [0.29, 0.717) is 23.8 Å². The molecule has 0 aliphatic carbocycles. The standard InChI is InChI=1S/C25H22ClFO2/c1-28-16-17-29-24-14-9-21(10-15-24)7-4-19-2-5-20(6-3-19)8-11-22-12-13-23(26)18-25(22)27/h2-3,5-6,9-10,12-15,18H,4,7,16-17H2,1H3. The summed E-state index contributed by atoms with van der Waals surface area (Å²) in [6.45, 7) is 1.13. The van der Waals surface area contributed by atoms with E-state index in [1.54, 1.807) is 19.2 Å². The lowest BCUT2D eigenvalue weighted by atomic mass is 10.0. The third-order valence-corrected chi connectivity index (χ3v) is 4.64. The first-order valence-corrected chi connectivity index (χ1v) is 9.78. The summed E-state index contributed by atoms with van der Waals surface area (Å²) in [6.07, 6.45) is 1.88. The molecule has 2 nitrogen and oxygen atoms in total. The van der Waals surface area contributed by atoms with Crippen molar-refractivity contribution >= 4 is 11.6 Å². The highest BCUT2D eigenvalue weighted by Gasteiger charge is 2.00. The van der Waals surface area contributed by atoms with E-state index in [0.717, 1.165) is 24.2 Å². The lowest BCUT2D eigenvalue weighted by Crippen LogP contribution is -2.04. The predicted octanol–water partition coefficient (Wildman–Crippen LogP) is 5.69. The Kier molecular flexibility index (Phi) is 7.69. The fourth-order valence-corrected chi connectivity index (χ4v) is 2.93. The van der Waals surface area contributed by atoms with E-state index in [2.05, 4.69) is 36.1 Å². The van der Waals surface area contributed by atoms with Crippen LogP contribution in [-0.4, -0.2) is 20.3 Å². The Morgan fingerprint density at radius 3 is 2.10 bits per heavy atom. The smallest absolute Gasteiger partial charge is 0.140 e. The highest BCUT2D eigenvalue weighted by atomic mass is 35.5. The van der Waals surface area contributed by atoms with Gasteiger partial charge >= 0.3 is 0 Å². The Morgan fingerprint density at radius 2 is 1.48 bits per heavy atom. The average Bonchev–Trinajstić information content (AvgIpc) is 2.73. The maximum absolute atomic E-state index is 13.8. The first-order valence-electron chi connectivity index (χ1n) is 9.41. The molecule has 0 aliphatic rings. The molecule has 3 aromatic carbocycles. The lowest BCUT2D eigenvalue weighted by Gasteiger charge is -2.07. The molecule has 0 heterocycles. The molecule has 0 radical (unpaired) electrons. The van der Waals surface area contributed by atoms with Crippen molar-refractivity contribution in [1.82, 2.24) is 0 Å². The summed E-state index contributed by atoms with van der Waals surface area (Å²) in [4.78, 5) is 0. The van der Waals surface area contributed by atoms with E-state index in [9.17, 15) is 4.39 Å². The van der Waals surface area contributed by atoms with Crippen molar-refractivity contribution in [1.29, 1.82) is 0 Å². The fraction of sp³-hybridized carbons (Fsp3) is 0.200. The van der Waals surface area contributed by atoms with Gasteiger partial charge in [-0.05, 0) is 66.4 Å². The van der Waals surface area contributed by atoms with E-state index >= 15 is 0 Å². The van der Waals surface area contributed by atoms with Gasteiger partial charge in [0.15, 0.2) is 0 Å². The minimum Gasteiger partial charge on any atom is -0.491 e. The van der Waals surface area contributed by atoms with Crippen molar-refractivity contribution in [2.45, 2.75) is 12.8 Å². The molecule has 3 aromatic rings. The molecule has 0 unspecified atom stereocenters. The monoisotopic (exact) mass is 408 g/mol.